The third-order valence-corrected chi connectivity index (χ3v) is 7.14. The van der Waals surface area contributed by atoms with Crippen molar-refractivity contribution in [2.75, 3.05) is 31.1 Å². The van der Waals surface area contributed by atoms with E-state index >= 15 is 0 Å². The van der Waals surface area contributed by atoms with E-state index < -0.39 is 0 Å². The first-order valence-corrected chi connectivity index (χ1v) is 12.3. The standard InChI is InChI=1S/C28H28BrN3O/c1-19(2)31-13-15-32(16-14-31)25-10-5-20(6-11-25)22-7-12-27-23(17-22)18-26(28(33)30-27)21-3-8-24(29)9-4-21/h3-12,17-19H,13-16H2,1-2H3,(H,30,33). The van der Waals surface area contributed by atoms with E-state index in [9.17, 15) is 4.79 Å². The quantitative estimate of drug-likeness (QED) is 0.364. The molecule has 1 aliphatic rings. The molecule has 4 aromatic rings. The normalized spacial score (nSPS) is 14.8. The molecule has 0 spiro atoms. The Kier molecular flexibility index (Phi) is 6.09. The van der Waals surface area contributed by atoms with Crippen LogP contribution in [0.15, 0.2) is 82.1 Å². The average molecular weight is 502 g/mol. The highest BCUT2D eigenvalue weighted by Crippen LogP contribution is 2.28. The van der Waals surface area contributed by atoms with Crippen molar-refractivity contribution in [2.45, 2.75) is 19.9 Å². The zero-order chi connectivity index (χ0) is 22.9. The molecule has 1 aromatic heterocycles. The molecule has 0 amide bonds. The molecular weight excluding hydrogens is 474 g/mol. The van der Waals surface area contributed by atoms with Gasteiger partial charge < -0.3 is 9.88 Å². The summed E-state index contributed by atoms with van der Waals surface area (Å²) in [4.78, 5) is 20.7. The third kappa shape index (κ3) is 4.61. The maximum absolute atomic E-state index is 12.6. The Balaban J connectivity index is 1.41. The van der Waals surface area contributed by atoms with Crippen LogP contribution in [0.5, 0.6) is 0 Å². The Labute approximate surface area is 203 Å². The minimum Gasteiger partial charge on any atom is -0.369 e. The van der Waals surface area contributed by atoms with Gasteiger partial charge in [-0.1, -0.05) is 46.3 Å². The monoisotopic (exact) mass is 501 g/mol. The van der Waals surface area contributed by atoms with Gasteiger partial charge in [0.05, 0.1) is 0 Å². The van der Waals surface area contributed by atoms with Gasteiger partial charge in [-0.25, -0.2) is 0 Å². The minimum absolute atomic E-state index is 0.0699. The van der Waals surface area contributed by atoms with Gasteiger partial charge in [0, 0.05) is 53.5 Å². The number of piperazine rings is 1. The molecule has 5 rings (SSSR count). The highest BCUT2D eigenvalue weighted by molar-refractivity contribution is 9.10. The largest absolute Gasteiger partial charge is 0.369 e. The maximum Gasteiger partial charge on any atom is 0.256 e. The molecule has 0 aliphatic carbocycles. The van der Waals surface area contributed by atoms with Gasteiger partial charge in [0.2, 0.25) is 0 Å². The smallest absolute Gasteiger partial charge is 0.256 e. The van der Waals surface area contributed by atoms with Crippen LogP contribution in [0.1, 0.15) is 13.8 Å². The Morgan fingerprint density at radius 2 is 1.42 bits per heavy atom. The summed E-state index contributed by atoms with van der Waals surface area (Å²) in [5, 5.41) is 1.03. The van der Waals surface area contributed by atoms with Crippen molar-refractivity contribution in [1.29, 1.82) is 0 Å². The lowest BCUT2D eigenvalue weighted by Crippen LogP contribution is -2.48. The number of benzene rings is 3. The van der Waals surface area contributed by atoms with E-state index in [2.05, 4.69) is 81.0 Å². The highest BCUT2D eigenvalue weighted by atomic mass is 79.9. The molecule has 2 heterocycles. The second-order valence-electron chi connectivity index (χ2n) is 8.98. The Hall–Kier alpha value is -2.89. The predicted molar refractivity (Wildman–Crippen MR) is 142 cm³/mol. The number of aromatic amines is 1. The van der Waals surface area contributed by atoms with Crippen molar-refractivity contribution in [3.05, 3.63) is 87.6 Å². The molecule has 1 N–H and O–H groups in total. The van der Waals surface area contributed by atoms with Crippen LogP contribution in [-0.2, 0) is 0 Å². The number of nitrogens with zero attached hydrogens (tertiary/aromatic N) is 2. The first-order chi connectivity index (χ1) is 16.0. The Morgan fingerprint density at radius 3 is 2.09 bits per heavy atom. The van der Waals surface area contributed by atoms with Gasteiger partial charge in [-0.2, -0.15) is 0 Å². The number of pyridine rings is 1. The number of aromatic nitrogens is 1. The van der Waals surface area contributed by atoms with Crippen LogP contribution < -0.4 is 10.5 Å². The van der Waals surface area contributed by atoms with Crippen LogP contribution in [0.3, 0.4) is 0 Å². The second-order valence-corrected chi connectivity index (χ2v) is 9.90. The fourth-order valence-electron chi connectivity index (χ4n) is 4.59. The number of H-pyrrole nitrogens is 1. The average Bonchev–Trinajstić information content (AvgIpc) is 2.84. The summed E-state index contributed by atoms with van der Waals surface area (Å²) in [7, 11) is 0. The van der Waals surface area contributed by atoms with Gasteiger partial charge in [0.15, 0.2) is 0 Å². The number of nitrogens with one attached hydrogen (secondary N) is 1. The van der Waals surface area contributed by atoms with E-state index in [1.54, 1.807) is 0 Å². The first kappa shape index (κ1) is 21.9. The van der Waals surface area contributed by atoms with Gasteiger partial charge in [-0.15, -0.1) is 0 Å². The van der Waals surface area contributed by atoms with Gasteiger partial charge in [-0.05, 0) is 78.4 Å². The molecule has 0 bridgehead atoms. The fourth-order valence-corrected chi connectivity index (χ4v) is 4.86. The summed E-state index contributed by atoms with van der Waals surface area (Å²) in [6, 6.07) is 25.5. The summed E-state index contributed by atoms with van der Waals surface area (Å²) < 4.78 is 0.996. The van der Waals surface area contributed by atoms with Crippen molar-refractivity contribution in [2.24, 2.45) is 0 Å². The number of anilines is 1. The van der Waals surface area contributed by atoms with E-state index in [1.165, 1.54) is 11.3 Å². The van der Waals surface area contributed by atoms with E-state index in [1.807, 2.05) is 36.4 Å². The second kappa shape index (κ2) is 9.16. The van der Waals surface area contributed by atoms with Gasteiger partial charge >= 0.3 is 0 Å². The zero-order valence-corrected chi connectivity index (χ0v) is 20.6. The van der Waals surface area contributed by atoms with E-state index in [-0.39, 0.29) is 5.56 Å². The molecule has 1 saturated heterocycles. The Bertz CT molecular complexity index is 1320. The van der Waals surface area contributed by atoms with E-state index in [4.69, 9.17) is 0 Å². The maximum atomic E-state index is 12.6. The van der Waals surface area contributed by atoms with Gasteiger partial charge in [-0.3, -0.25) is 9.69 Å². The summed E-state index contributed by atoms with van der Waals surface area (Å²) in [6.45, 7) is 8.91. The lowest BCUT2D eigenvalue weighted by molar-refractivity contribution is 0.209. The summed E-state index contributed by atoms with van der Waals surface area (Å²) >= 11 is 3.46. The van der Waals surface area contributed by atoms with Crippen molar-refractivity contribution < 1.29 is 0 Å². The lowest BCUT2D eigenvalue weighted by atomic mass is 10.0. The van der Waals surface area contributed by atoms with Crippen LogP contribution in [0.25, 0.3) is 33.2 Å². The molecule has 5 heteroatoms. The summed E-state index contributed by atoms with van der Waals surface area (Å²) in [6.07, 6.45) is 0. The summed E-state index contributed by atoms with van der Waals surface area (Å²) in [5.74, 6) is 0. The molecule has 0 atom stereocenters. The highest BCUT2D eigenvalue weighted by Gasteiger charge is 2.19. The van der Waals surface area contributed by atoms with Crippen molar-refractivity contribution in [3.8, 4) is 22.3 Å². The molecule has 4 nitrogen and oxygen atoms in total. The molecule has 168 valence electrons. The van der Waals surface area contributed by atoms with Crippen LogP contribution in [0.4, 0.5) is 5.69 Å². The van der Waals surface area contributed by atoms with Crippen molar-refractivity contribution in [3.63, 3.8) is 0 Å². The third-order valence-electron chi connectivity index (χ3n) is 6.61. The first-order valence-electron chi connectivity index (χ1n) is 11.5. The molecule has 0 unspecified atom stereocenters. The van der Waals surface area contributed by atoms with Gasteiger partial charge in [0.1, 0.15) is 0 Å². The van der Waals surface area contributed by atoms with Crippen molar-refractivity contribution >= 4 is 32.5 Å². The predicted octanol–water partition coefficient (Wildman–Crippen LogP) is 6.16. The molecule has 1 fully saturated rings. The lowest BCUT2D eigenvalue weighted by Gasteiger charge is -2.38. The number of hydrogen-bond donors (Lipinski definition) is 1. The minimum atomic E-state index is -0.0699. The van der Waals surface area contributed by atoms with Crippen molar-refractivity contribution in [1.82, 2.24) is 9.88 Å². The molecule has 1 aliphatic heterocycles. The number of rotatable bonds is 4. The van der Waals surface area contributed by atoms with Gasteiger partial charge in [0.25, 0.3) is 5.56 Å². The molecule has 0 saturated carbocycles. The number of fused-ring (bicyclic) bond motifs is 1. The SMILES string of the molecule is CC(C)N1CCN(c2ccc(-c3ccc4[nH]c(=O)c(-c5ccc(Br)cc5)cc4c3)cc2)CC1. The topological polar surface area (TPSA) is 39.3 Å². The van der Waals surface area contributed by atoms with Crippen LogP contribution in [0, 0.1) is 0 Å². The zero-order valence-electron chi connectivity index (χ0n) is 19.0. The van der Waals surface area contributed by atoms with Crippen LogP contribution >= 0.6 is 15.9 Å². The number of halogens is 1. The van der Waals surface area contributed by atoms with Crippen LogP contribution in [-0.4, -0.2) is 42.1 Å². The fraction of sp³-hybridized carbons (Fsp3) is 0.250. The van der Waals surface area contributed by atoms with E-state index in [0.29, 0.717) is 11.6 Å². The molecular formula is C28H28BrN3O. The molecule has 33 heavy (non-hydrogen) atoms. The van der Waals surface area contributed by atoms with Crippen LogP contribution in [0.2, 0.25) is 0 Å². The number of hydrogen-bond acceptors (Lipinski definition) is 3. The Morgan fingerprint density at radius 1 is 0.788 bits per heavy atom. The molecule has 0 radical (unpaired) electrons. The van der Waals surface area contributed by atoms with E-state index in [0.717, 1.165) is 52.7 Å². The summed E-state index contributed by atoms with van der Waals surface area (Å²) in [5.41, 5.74) is 5.98. The molecule has 3 aromatic carbocycles.